The molecule has 0 amide bonds. The van der Waals surface area contributed by atoms with Gasteiger partial charge in [0.15, 0.2) is 0 Å². The number of hydrogen-bond donors (Lipinski definition) is 0. The molecule has 0 N–H and O–H groups in total. The average molecular weight is 249 g/mol. The Morgan fingerprint density at radius 1 is 1.28 bits per heavy atom. The Bertz CT molecular complexity index is 361. The highest BCUT2D eigenvalue weighted by Gasteiger charge is 2.23. The van der Waals surface area contributed by atoms with Crippen molar-refractivity contribution >= 4 is 12.4 Å². The van der Waals surface area contributed by atoms with Crippen LogP contribution in [0.1, 0.15) is 37.9 Å². The third-order valence-corrected chi connectivity index (χ3v) is 2.47. The van der Waals surface area contributed by atoms with Gasteiger partial charge in [-0.1, -0.05) is 50.1 Å². The molecule has 4 nitrogen and oxygen atoms in total. The van der Waals surface area contributed by atoms with Gasteiger partial charge in [-0.15, -0.1) is 0 Å². The minimum atomic E-state index is -1.02. The summed E-state index contributed by atoms with van der Waals surface area (Å²) in [5.74, 6) is -0.555. The van der Waals surface area contributed by atoms with Crippen molar-refractivity contribution in [3.8, 4) is 0 Å². The van der Waals surface area contributed by atoms with Crippen LogP contribution in [0.15, 0.2) is 30.3 Å². The summed E-state index contributed by atoms with van der Waals surface area (Å²) >= 11 is 0. The molecule has 1 unspecified atom stereocenters. The lowest BCUT2D eigenvalue weighted by Gasteiger charge is -2.13. The van der Waals surface area contributed by atoms with Crippen molar-refractivity contribution < 1.29 is 19.1 Å². The summed E-state index contributed by atoms with van der Waals surface area (Å²) in [6, 6.07) is 8.75. The van der Waals surface area contributed by atoms with Gasteiger partial charge < -0.3 is 9.47 Å². The molecule has 1 radical (unpaired) electrons. The van der Waals surface area contributed by atoms with Gasteiger partial charge >= 0.3 is 12.4 Å². The van der Waals surface area contributed by atoms with Gasteiger partial charge in [-0.25, -0.2) is 9.59 Å². The van der Waals surface area contributed by atoms with E-state index in [4.69, 9.17) is 4.74 Å². The summed E-state index contributed by atoms with van der Waals surface area (Å²) in [5, 5.41) is 0. The molecule has 0 saturated heterocycles. The molecule has 0 aliphatic rings. The lowest BCUT2D eigenvalue weighted by atomic mass is 10.1. The Kier molecular flexibility index (Phi) is 6.54. The van der Waals surface area contributed by atoms with E-state index in [2.05, 4.69) is 11.7 Å². The zero-order valence-corrected chi connectivity index (χ0v) is 10.4. The summed E-state index contributed by atoms with van der Waals surface area (Å²) in [4.78, 5) is 22.1. The van der Waals surface area contributed by atoms with Crippen LogP contribution in [-0.4, -0.2) is 19.0 Å². The quantitative estimate of drug-likeness (QED) is 0.525. The van der Waals surface area contributed by atoms with Crippen molar-refractivity contribution in [3.05, 3.63) is 35.9 Å². The maximum absolute atomic E-state index is 11.8. The summed E-state index contributed by atoms with van der Waals surface area (Å²) in [6.45, 7) is 3.71. The fourth-order valence-electron chi connectivity index (χ4n) is 1.53. The lowest BCUT2D eigenvalue weighted by Crippen LogP contribution is -2.19. The van der Waals surface area contributed by atoms with Crippen LogP contribution in [-0.2, 0) is 19.1 Å². The zero-order chi connectivity index (χ0) is 13.2. The van der Waals surface area contributed by atoms with Crippen molar-refractivity contribution in [1.29, 1.82) is 0 Å². The smallest absolute Gasteiger partial charge is 0.418 e. The Morgan fingerprint density at radius 2 is 2.00 bits per heavy atom. The van der Waals surface area contributed by atoms with Crippen LogP contribution < -0.4 is 0 Å². The molecule has 0 spiro atoms. The minimum absolute atomic E-state index is 0.345. The highest BCUT2D eigenvalue weighted by molar-refractivity contribution is 5.77. The summed E-state index contributed by atoms with van der Waals surface area (Å²) in [7, 11) is 0. The largest absolute Gasteiger partial charge is 0.463 e. The van der Waals surface area contributed by atoms with Crippen molar-refractivity contribution in [3.63, 3.8) is 0 Å². The van der Waals surface area contributed by atoms with E-state index in [0.29, 0.717) is 12.2 Å². The molecule has 4 heteroatoms. The fraction of sp³-hybridized carbons (Fsp3) is 0.429. The second-order valence-corrected chi connectivity index (χ2v) is 3.87. The van der Waals surface area contributed by atoms with Gasteiger partial charge in [0, 0.05) is 5.56 Å². The standard InChI is InChI=1S/C14H17O4/c1-2-3-7-10-17-14(16)13(18-11-15)12-8-5-4-6-9-12/h4-6,8-9,13H,2-3,7,10H2,1H3. The van der Waals surface area contributed by atoms with Gasteiger partial charge in [0.1, 0.15) is 0 Å². The minimum Gasteiger partial charge on any atom is -0.463 e. The highest BCUT2D eigenvalue weighted by atomic mass is 16.6. The summed E-state index contributed by atoms with van der Waals surface area (Å²) in [5.41, 5.74) is 0.585. The number of esters is 1. The second-order valence-electron chi connectivity index (χ2n) is 3.87. The van der Waals surface area contributed by atoms with E-state index >= 15 is 0 Å². The molecule has 0 saturated carbocycles. The number of unbranched alkanes of at least 4 members (excludes halogenated alkanes) is 2. The van der Waals surface area contributed by atoms with Crippen molar-refractivity contribution in [1.82, 2.24) is 0 Å². The highest BCUT2D eigenvalue weighted by Crippen LogP contribution is 2.18. The van der Waals surface area contributed by atoms with E-state index in [0.717, 1.165) is 19.3 Å². The molecule has 0 fully saturated rings. The third kappa shape index (κ3) is 4.57. The first kappa shape index (κ1) is 14.2. The Labute approximate surface area is 107 Å². The molecule has 0 bridgehead atoms. The van der Waals surface area contributed by atoms with Gasteiger partial charge in [-0.3, -0.25) is 0 Å². The first-order valence-corrected chi connectivity index (χ1v) is 6.04. The number of hydrogen-bond acceptors (Lipinski definition) is 4. The summed E-state index contributed by atoms with van der Waals surface area (Å²) < 4.78 is 9.74. The maximum Gasteiger partial charge on any atom is 0.418 e. The molecular formula is C14H17O4. The lowest BCUT2D eigenvalue weighted by molar-refractivity contribution is -0.153. The maximum atomic E-state index is 11.8. The molecule has 0 aliphatic heterocycles. The van der Waals surface area contributed by atoms with E-state index in [1.54, 1.807) is 24.3 Å². The second kappa shape index (κ2) is 8.28. The predicted octanol–water partition coefficient (Wildman–Crippen LogP) is 2.54. The topological polar surface area (TPSA) is 52.6 Å². The third-order valence-electron chi connectivity index (χ3n) is 2.47. The Hall–Kier alpha value is -1.84. The zero-order valence-electron chi connectivity index (χ0n) is 10.4. The van der Waals surface area contributed by atoms with Gasteiger partial charge in [-0.05, 0) is 6.42 Å². The number of rotatable bonds is 8. The average Bonchev–Trinajstić information content (AvgIpc) is 2.41. The van der Waals surface area contributed by atoms with E-state index in [1.165, 1.54) is 6.47 Å². The van der Waals surface area contributed by atoms with Gasteiger partial charge in [0.05, 0.1) is 6.61 Å². The molecule has 0 heterocycles. The van der Waals surface area contributed by atoms with Crippen molar-refractivity contribution in [2.24, 2.45) is 0 Å². The molecule has 1 rings (SSSR count). The Morgan fingerprint density at radius 3 is 2.61 bits per heavy atom. The number of benzene rings is 1. The summed E-state index contributed by atoms with van der Waals surface area (Å²) in [6.07, 6.45) is 1.85. The van der Waals surface area contributed by atoms with Crippen LogP contribution in [0.2, 0.25) is 0 Å². The van der Waals surface area contributed by atoms with Crippen LogP contribution in [0, 0.1) is 0 Å². The number of ether oxygens (including phenoxy) is 2. The number of carbonyl (C=O) groups is 1. The van der Waals surface area contributed by atoms with Gasteiger partial charge in [0.2, 0.25) is 6.10 Å². The monoisotopic (exact) mass is 249 g/mol. The molecule has 1 atom stereocenters. The van der Waals surface area contributed by atoms with Crippen LogP contribution >= 0.6 is 0 Å². The van der Waals surface area contributed by atoms with Crippen LogP contribution in [0.4, 0.5) is 0 Å². The van der Waals surface area contributed by atoms with E-state index in [1.807, 2.05) is 6.07 Å². The van der Waals surface area contributed by atoms with E-state index in [-0.39, 0.29) is 0 Å². The van der Waals surface area contributed by atoms with Gasteiger partial charge in [0.25, 0.3) is 0 Å². The normalized spacial score (nSPS) is 11.6. The molecule has 18 heavy (non-hydrogen) atoms. The molecule has 0 aromatic heterocycles. The molecule has 0 aliphatic carbocycles. The fourth-order valence-corrected chi connectivity index (χ4v) is 1.53. The molecule has 1 aromatic rings. The van der Waals surface area contributed by atoms with Crippen molar-refractivity contribution in [2.45, 2.75) is 32.3 Å². The Balaban J connectivity index is 2.56. The first-order valence-electron chi connectivity index (χ1n) is 6.04. The molecule has 97 valence electrons. The van der Waals surface area contributed by atoms with Crippen LogP contribution in [0.3, 0.4) is 0 Å². The first-order chi connectivity index (χ1) is 8.79. The van der Waals surface area contributed by atoms with E-state index < -0.39 is 12.1 Å². The molecule has 1 aromatic carbocycles. The van der Waals surface area contributed by atoms with Crippen molar-refractivity contribution in [2.75, 3.05) is 6.61 Å². The predicted molar refractivity (Wildman–Crippen MR) is 66.4 cm³/mol. The van der Waals surface area contributed by atoms with Crippen LogP contribution in [0.5, 0.6) is 0 Å². The molecular weight excluding hydrogens is 232 g/mol. The van der Waals surface area contributed by atoms with Crippen LogP contribution in [0.25, 0.3) is 0 Å². The number of carbonyl (C=O) groups excluding carboxylic acids is 2. The van der Waals surface area contributed by atoms with E-state index in [9.17, 15) is 9.59 Å². The van der Waals surface area contributed by atoms with Gasteiger partial charge in [-0.2, -0.15) is 0 Å². The SMILES string of the molecule is CCCCCOC(=O)C(O[C]=O)c1ccccc1.